The number of para-hydroxylation sites is 3. The fourth-order valence-electron chi connectivity index (χ4n) is 3.42. The lowest BCUT2D eigenvalue weighted by atomic mass is 10.1. The monoisotopic (exact) mass is 449 g/mol. The molecule has 4 aromatic rings. The summed E-state index contributed by atoms with van der Waals surface area (Å²) in [7, 11) is 1.34. The van der Waals surface area contributed by atoms with Crippen molar-refractivity contribution < 1.29 is 19.1 Å². The molecular formula is C24H23N3O4S. The van der Waals surface area contributed by atoms with Crippen molar-refractivity contribution in [3.63, 3.8) is 0 Å². The highest BCUT2D eigenvalue weighted by Gasteiger charge is 2.21. The van der Waals surface area contributed by atoms with Gasteiger partial charge in [-0.25, -0.2) is 4.98 Å². The van der Waals surface area contributed by atoms with E-state index in [0.717, 1.165) is 21.7 Å². The maximum Gasteiger partial charge on any atom is 0.307 e. The molecule has 2 aromatic carbocycles. The third-order valence-corrected chi connectivity index (χ3v) is 5.95. The van der Waals surface area contributed by atoms with Gasteiger partial charge in [0.15, 0.2) is 0 Å². The average Bonchev–Trinajstić information content (AvgIpc) is 3.47. The van der Waals surface area contributed by atoms with E-state index in [0.29, 0.717) is 5.82 Å². The van der Waals surface area contributed by atoms with Gasteiger partial charge in [0.2, 0.25) is 5.91 Å². The van der Waals surface area contributed by atoms with Gasteiger partial charge in [-0.2, -0.15) is 0 Å². The van der Waals surface area contributed by atoms with Crippen molar-refractivity contribution in [2.24, 2.45) is 0 Å². The lowest BCUT2D eigenvalue weighted by Gasteiger charge is -2.17. The van der Waals surface area contributed by atoms with E-state index < -0.39 is 6.04 Å². The summed E-state index contributed by atoms with van der Waals surface area (Å²) in [5, 5.41) is 4.88. The standard InChI is InChI=1S/C24H23N3O4S/c1-30-24(29)14-19(21-12-7-13-32-21)26-23(28)15-27-20-11-6-5-10-18(20)25-22(27)16-31-17-8-3-2-4-9-17/h2-13,19H,14-16H2,1H3,(H,26,28). The molecule has 2 heterocycles. The third kappa shape index (κ3) is 5.15. The summed E-state index contributed by atoms with van der Waals surface area (Å²) in [5.41, 5.74) is 1.63. The van der Waals surface area contributed by atoms with E-state index in [1.165, 1.54) is 18.4 Å². The number of aromatic nitrogens is 2. The minimum atomic E-state index is -0.450. The van der Waals surface area contributed by atoms with Crippen LogP contribution >= 0.6 is 11.3 Å². The number of hydrogen-bond acceptors (Lipinski definition) is 6. The predicted molar refractivity (Wildman–Crippen MR) is 122 cm³/mol. The molecule has 2 aromatic heterocycles. The second kappa shape index (κ2) is 10.1. The molecule has 164 valence electrons. The fraction of sp³-hybridized carbons (Fsp3) is 0.208. The Morgan fingerprint density at radius 1 is 1.06 bits per heavy atom. The molecule has 7 nitrogen and oxygen atoms in total. The molecule has 32 heavy (non-hydrogen) atoms. The van der Waals surface area contributed by atoms with Crippen LogP contribution in [0, 0.1) is 0 Å². The van der Waals surface area contributed by atoms with Crippen LogP contribution in [0.15, 0.2) is 72.1 Å². The number of carbonyl (C=O) groups excluding carboxylic acids is 2. The number of nitrogens with zero attached hydrogens (tertiary/aromatic N) is 2. The summed E-state index contributed by atoms with van der Waals surface area (Å²) in [6, 6.07) is 20.4. The van der Waals surface area contributed by atoms with Crippen LogP contribution in [-0.4, -0.2) is 28.5 Å². The van der Waals surface area contributed by atoms with Crippen LogP contribution in [0.1, 0.15) is 23.2 Å². The Balaban J connectivity index is 1.54. The number of thiophene rings is 1. The molecule has 1 amide bonds. The Kier molecular flexibility index (Phi) is 6.81. The summed E-state index contributed by atoms with van der Waals surface area (Å²) in [6.07, 6.45) is 0.0669. The van der Waals surface area contributed by atoms with Gasteiger partial charge in [0.1, 0.15) is 24.7 Å². The van der Waals surface area contributed by atoms with Crippen LogP contribution in [0.4, 0.5) is 0 Å². The first kappa shape index (κ1) is 21.6. The molecule has 4 rings (SSSR count). The minimum absolute atomic E-state index is 0.0526. The van der Waals surface area contributed by atoms with E-state index in [1.54, 1.807) is 0 Å². The summed E-state index contributed by atoms with van der Waals surface area (Å²) in [5.74, 6) is 0.766. The van der Waals surface area contributed by atoms with Crippen molar-refractivity contribution in [1.29, 1.82) is 0 Å². The van der Waals surface area contributed by atoms with Crippen LogP contribution in [-0.2, 0) is 27.5 Å². The van der Waals surface area contributed by atoms with Crippen molar-refractivity contribution >= 4 is 34.2 Å². The molecule has 0 radical (unpaired) electrons. The number of fused-ring (bicyclic) bond motifs is 1. The van der Waals surface area contributed by atoms with Crippen molar-refractivity contribution in [3.05, 3.63) is 82.8 Å². The van der Waals surface area contributed by atoms with Crippen molar-refractivity contribution in [2.75, 3.05) is 7.11 Å². The van der Waals surface area contributed by atoms with E-state index in [-0.39, 0.29) is 31.4 Å². The van der Waals surface area contributed by atoms with Gasteiger partial charge >= 0.3 is 5.97 Å². The lowest BCUT2D eigenvalue weighted by molar-refractivity contribution is -0.141. The zero-order valence-electron chi connectivity index (χ0n) is 17.6. The number of ether oxygens (including phenoxy) is 2. The highest BCUT2D eigenvalue weighted by atomic mass is 32.1. The number of esters is 1. The largest absolute Gasteiger partial charge is 0.486 e. The fourth-order valence-corrected chi connectivity index (χ4v) is 4.20. The van der Waals surface area contributed by atoms with Crippen LogP contribution < -0.4 is 10.1 Å². The maximum atomic E-state index is 13.0. The van der Waals surface area contributed by atoms with Gasteiger partial charge in [0.25, 0.3) is 0 Å². The molecule has 0 aliphatic heterocycles. The molecule has 1 N–H and O–H groups in total. The van der Waals surface area contributed by atoms with Gasteiger partial charge in [-0.1, -0.05) is 36.4 Å². The second-order valence-electron chi connectivity index (χ2n) is 7.12. The average molecular weight is 450 g/mol. The number of amides is 1. The van der Waals surface area contributed by atoms with E-state index in [2.05, 4.69) is 10.3 Å². The first-order valence-corrected chi connectivity index (χ1v) is 11.0. The van der Waals surface area contributed by atoms with Gasteiger partial charge in [-0.15, -0.1) is 11.3 Å². The van der Waals surface area contributed by atoms with Crippen molar-refractivity contribution in [2.45, 2.75) is 25.6 Å². The number of imidazole rings is 1. The van der Waals surface area contributed by atoms with Crippen LogP contribution in [0.2, 0.25) is 0 Å². The predicted octanol–water partition coefficient (Wildman–Crippen LogP) is 4.10. The number of methoxy groups -OCH3 is 1. The number of benzene rings is 2. The van der Waals surface area contributed by atoms with Gasteiger partial charge < -0.3 is 19.4 Å². The highest BCUT2D eigenvalue weighted by molar-refractivity contribution is 7.10. The normalized spacial score (nSPS) is 11.8. The summed E-state index contributed by atoms with van der Waals surface area (Å²) >= 11 is 1.48. The van der Waals surface area contributed by atoms with Gasteiger partial charge in [0.05, 0.1) is 30.6 Å². The van der Waals surface area contributed by atoms with Gasteiger partial charge in [0, 0.05) is 4.88 Å². The first-order valence-electron chi connectivity index (χ1n) is 10.2. The zero-order chi connectivity index (χ0) is 22.3. The molecule has 0 fully saturated rings. The van der Waals surface area contributed by atoms with Gasteiger partial charge in [-0.3, -0.25) is 9.59 Å². The van der Waals surface area contributed by atoms with E-state index in [1.807, 2.05) is 76.7 Å². The Bertz CT molecular complexity index is 1190. The molecule has 0 spiro atoms. The molecule has 1 unspecified atom stereocenters. The summed E-state index contributed by atoms with van der Waals surface area (Å²) < 4.78 is 12.5. The SMILES string of the molecule is COC(=O)CC(NC(=O)Cn1c(COc2ccccc2)nc2ccccc21)c1cccs1. The zero-order valence-corrected chi connectivity index (χ0v) is 18.4. The first-order chi connectivity index (χ1) is 15.6. The summed E-state index contributed by atoms with van der Waals surface area (Å²) in [4.78, 5) is 30.4. The molecule has 0 bridgehead atoms. The molecular weight excluding hydrogens is 426 g/mol. The van der Waals surface area contributed by atoms with Crippen LogP contribution in [0.25, 0.3) is 11.0 Å². The number of rotatable bonds is 9. The molecule has 0 aliphatic rings. The Hall–Kier alpha value is -3.65. The number of nitrogens with one attached hydrogen (secondary N) is 1. The third-order valence-electron chi connectivity index (χ3n) is 4.97. The quantitative estimate of drug-likeness (QED) is 0.389. The van der Waals surface area contributed by atoms with E-state index in [9.17, 15) is 9.59 Å². The highest BCUT2D eigenvalue weighted by Crippen LogP contribution is 2.23. The van der Waals surface area contributed by atoms with E-state index >= 15 is 0 Å². The van der Waals surface area contributed by atoms with E-state index in [4.69, 9.17) is 9.47 Å². The maximum absolute atomic E-state index is 13.0. The molecule has 8 heteroatoms. The second-order valence-corrected chi connectivity index (χ2v) is 8.10. The van der Waals surface area contributed by atoms with Crippen molar-refractivity contribution in [1.82, 2.24) is 14.9 Å². The van der Waals surface area contributed by atoms with Gasteiger partial charge in [-0.05, 0) is 35.7 Å². The van der Waals surface area contributed by atoms with Crippen LogP contribution in [0.5, 0.6) is 5.75 Å². The Morgan fingerprint density at radius 3 is 2.59 bits per heavy atom. The smallest absolute Gasteiger partial charge is 0.307 e. The van der Waals surface area contributed by atoms with Crippen LogP contribution in [0.3, 0.4) is 0 Å². The molecule has 1 atom stereocenters. The summed E-state index contributed by atoms with van der Waals surface area (Å²) in [6.45, 7) is 0.277. The Morgan fingerprint density at radius 2 is 1.84 bits per heavy atom. The molecule has 0 saturated heterocycles. The topological polar surface area (TPSA) is 82.5 Å². The lowest BCUT2D eigenvalue weighted by Crippen LogP contribution is -2.33. The van der Waals surface area contributed by atoms with Crippen molar-refractivity contribution in [3.8, 4) is 5.75 Å². The Labute approximate surface area is 189 Å². The molecule has 0 saturated carbocycles. The number of carbonyl (C=O) groups is 2. The number of hydrogen-bond donors (Lipinski definition) is 1. The minimum Gasteiger partial charge on any atom is -0.486 e. The molecule has 0 aliphatic carbocycles.